The van der Waals surface area contributed by atoms with Gasteiger partial charge in [-0.1, -0.05) is 6.07 Å². The number of pyridine rings is 2. The zero-order valence-corrected chi connectivity index (χ0v) is 12.7. The normalized spacial score (nSPS) is 10.2. The lowest BCUT2D eigenvalue weighted by Crippen LogP contribution is -2.13. The quantitative estimate of drug-likeness (QED) is 0.755. The molecule has 2 N–H and O–H groups in total. The number of hydrogen-bond acceptors (Lipinski definition) is 4. The molecule has 3 rings (SSSR count). The zero-order valence-electron chi connectivity index (χ0n) is 12.7. The number of benzene rings is 1. The molecule has 2 heterocycles. The summed E-state index contributed by atoms with van der Waals surface area (Å²) in [6.45, 7) is 0.573. The van der Waals surface area contributed by atoms with E-state index in [0.717, 1.165) is 11.4 Å². The molecule has 0 unspecified atom stereocenters. The van der Waals surface area contributed by atoms with Crippen LogP contribution < -0.4 is 10.6 Å². The van der Waals surface area contributed by atoms with Crippen molar-refractivity contribution < 1.29 is 9.18 Å². The molecule has 24 heavy (non-hydrogen) atoms. The molecule has 0 saturated carbocycles. The molecular formula is C18H15FN4O. The first-order valence-electron chi connectivity index (χ1n) is 7.37. The average Bonchev–Trinajstić information content (AvgIpc) is 2.63. The third-order valence-electron chi connectivity index (χ3n) is 3.30. The van der Waals surface area contributed by atoms with E-state index in [1.54, 1.807) is 24.5 Å². The van der Waals surface area contributed by atoms with Gasteiger partial charge in [0, 0.05) is 11.9 Å². The number of carbonyl (C=O) groups excluding carboxylic acids is 1. The Morgan fingerprint density at radius 3 is 2.42 bits per heavy atom. The summed E-state index contributed by atoms with van der Waals surface area (Å²) in [4.78, 5) is 20.4. The van der Waals surface area contributed by atoms with E-state index in [4.69, 9.17) is 0 Å². The van der Waals surface area contributed by atoms with Crippen molar-refractivity contribution in [1.29, 1.82) is 0 Å². The highest BCUT2D eigenvalue weighted by Crippen LogP contribution is 2.12. The maximum atomic E-state index is 12.9. The molecule has 0 bridgehead atoms. The third-order valence-corrected chi connectivity index (χ3v) is 3.30. The Morgan fingerprint density at radius 1 is 0.958 bits per heavy atom. The number of rotatable bonds is 5. The van der Waals surface area contributed by atoms with E-state index < -0.39 is 0 Å². The largest absolute Gasteiger partial charge is 0.378 e. The van der Waals surface area contributed by atoms with Gasteiger partial charge in [-0.2, -0.15) is 0 Å². The van der Waals surface area contributed by atoms with E-state index in [-0.39, 0.29) is 17.4 Å². The van der Waals surface area contributed by atoms with E-state index >= 15 is 0 Å². The minimum Gasteiger partial charge on any atom is -0.378 e. The number of anilines is 2. The first-order valence-corrected chi connectivity index (χ1v) is 7.37. The minimum absolute atomic E-state index is 0.280. The summed E-state index contributed by atoms with van der Waals surface area (Å²) in [5, 5.41) is 5.85. The molecule has 1 aromatic carbocycles. The molecule has 5 nitrogen and oxygen atoms in total. The number of nitrogens with one attached hydrogen (secondary N) is 2. The van der Waals surface area contributed by atoms with Crippen LogP contribution in [0.15, 0.2) is 67.0 Å². The molecule has 0 fully saturated rings. The molecule has 0 aliphatic carbocycles. The van der Waals surface area contributed by atoms with Crippen LogP contribution in [0.5, 0.6) is 0 Å². The fourth-order valence-corrected chi connectivity index (χ4v) is 2.06. The fraction of sp³-hybridized carbons (Fsp3) is 0.0556. The van der Waals surface area contributed by atoms with Gasteiger partial charge in [-0.15, -0.1) is 0 Å². The summed E-state index contributed by atoms with van der Waals surface area (Å²) in [5.74, 6) is -0.702. The smallest absolute Gasteiger partial charge is 0.274 e. The van der Waals surface area contributed by atoms with Gasteiger partial charge in [-0.25, -0.2) is 9.37 Å². The van der Waals surface area contributed by atoms with E-state index in [1.165, 1.54) is 24.3 Å². The van der Waals surface area contributed by atoms with Crippen molar-refractivity contribution in [3.05, 3.63) is 84.2 Å². The van der Waals surface area contributed by atoms with Crippen molar-refractivity contribution in [3.8, 4) is 0 Å². The van der Waals surface area contributed by atoms with Crippen LogP contribution in [0.25, 0.3) is 0 Å². The van der Waals surface area contributed by atoms with Crippen molar-refractivity contribution in [2.45, 2.75) is 6.54 Å². The molecule has 0 aliphatic heterocycles. The van der Waals surface area contributed by atoms with E-state index in [2.05, 4.69) is 20.6 Å². The van der Waals surface area contributed by atoms with Crippen LogP contribution in [0.3, 0.4) is 0 Å². The van der Waals surface area contributed by atoms with Gasteiger partial charge < -0.3 is 10.6 Å². The Labute approximate surface area is 138 Å². The van der Waals surface area contributed by atoms with Gasteiger partial charge in [0.05, 0.1) is 24.1 Å². The molecular weight excluding hydrogens is 307 g/mol. The van der Waals surface area contributed by atoms with Gasteiger partial charge in [-0.3, -0.25) is 9.78 Å². The second-order valence-electron chi connectivity index (χ2n) is 5.07. The first kappa shape index (κ1) is 15.6. The number of nitrogens with zero attached hydrogens (tertiary/aromatic N) is 2. The van der Waals surface area contributed by atoms with Crippen molar-refractivity contribution in [2.75, 3.05) is 10.6 Å². The SMILES string of the molecule is O=C(Nc1ccc(F)cc1)c1ccc(NCc2ccccn2)cn1. The van der Waals surface area contributed by atoms with Crippen LogP contribution in [0.1, 0.15) is 16.2 Å². The van der Waals surface area contributed by atoms with Crippen LogP contribution in [0, 0.1) is 5.82 Å². The van der Waals surface area contributed by atoms with Gasteiger partial charge in [0.2, 0.25) is 0 Å². The molecule has 0 spiro atoms. The van der Waals surface area contributed by atoms with Crippen molar-refractivity contribution in [2.24, 2.45) is 0 Å². The Kier molecular flexibility index (Phi) is 4.76. The Bertz CT molecular complexity index is 805. The molecule has 0 saturated heterocycles. The Hall–Kier alpha value is -3.28. The molecule has 1 amide bonds. The first-order chi connectivity index (χ1) is 11.7. The highest BCUT2D eigenvalue weighted by atomic mass is 19.1. The number of aromatic nitrogens is 2. The van der Waals surface area contributed by atoms with Crippen molar-refractivity contribution >= 4 is 17.3 Å². The van der Waals surface area contributed by atoms with Gasteiger partial charge in [0.25, 0.3) is 5.91 Å². The van der Waals surface area contributed by atoms with Crippen molar-refractivity contribution in [3.63, 3.8) is 0 Å². The predicted molar refractivity (Wildman–Crippen MR) is 90.2 cm³/mol. The summed E-state index contributed by atoms with van der Waals surface area (Å²) >= 11 is 0. The van der Waals surface area contributed by atoms with Crippen LogP contribution >= 0.6 is 0 Å². The molecule has 0 aliphatic rings. The van der Waals surface area contributed by atoms with Crippen LogP contribution in [-0.2, 0) is 6.54 Å². The monoisotopic (exact) mass is 322 g/mol. The lowest BCUT2D eigenvalue weighted by atomic mass is 10.2. The number of amides is 1. The number of hydrogen-bond donors (Lipinski definition) is 2. The number of halogens is 1. The summed E-state index contributed by atoms with van der Waals surface area (Å²) in [7, 11) is 0. The third kappa shape index (κ3) is 4.13. The van der Waals surface area contributed by atoms with Gasteiger partial charge in [0.1, 0.15) is 11.5 Å². The molecule has 6 heteroatoms. The molecule has 0 radical (unpaired) electrons. The standard InChI is InChI=1S/C18H15FN4O/c19-13-4-6-14(7-5-13)23-18(24)17-9-8-16(12-22-17)21-11-15-3-1-2-10-20-15/h1-10,12,21H,11H2,(H,23,24). The lowest BCUT2D eigenvalue weighted by molar-refractivity contribution is 0.102. The maximum absolute atomic E-state index is 12.9. The van der Waals surface area contributed by atoms with Gasteiger partial charge in [0.15, 0.2) is 0 Å². The summed E-state index contributed by atoms with van der Waals surface area (Å²) in [6, 6.07) is 14.7. The van der Waals surface area contributed by atoms with E-state index in [1.807, 2.05) is 18.2 Å². The topological polar surface area (TPSA) is 66.9 Å². The van der Waals surface area contributed by atoms with Gasteiger partial charge in [-0.05, 0) is 48.5 Å². The lowest BCUT2D eigenvalue weighted by Gasteiger charge is -2.07. The molecule has 0 atom stereocenters. The van der Waals surface area contributed by atoms with Crippen LogP contribution in [-0.4, -0.2) is 15.9 Å². The predicted octanol–water partition coefficient (Wildman–Crippen LogP) is 3.48. The highest BCUT2D eigenvalue weighted by Gasteiger charge is 2.07. The summed E-state index contributed by atoms with van der Waals surface area (Å²) in [6.07, 6.45) is 3.32. The van der Waals surface area contributed by atoms with Crippen LogP contribution in [0.2, 0.25) is 0 Å². The highest BCUT2D eigenvalue weighted by molar-refractivity contribution is 6.02. The van der Waals surface area contributed by atoms with Crippen molar-refractivity contribution in [1.82, 2.24) is 9.97 Å². The number of carbonyl (C=O) groups is 1. The molecule has 2 aromatic heterocycles. The van der Waals surface area contributed by atoms with E-state index in [0.29, 0.717) is 12.2 Å². The van der Waals surface area contributed by atoms with Gasteiger partial charge >= 0.3 is 0 Å². The Balaban J connectivity index is 1.59. The van der Waals surface area contributed by atoms with E-state index in [9.17, 15) is 9.18 Å². The van der Waals surface area contributed by atoms with Crippen LogP contribution in [0.4, 0.5) is 15.8 Å². The fourth-order valence-electron chi connectivity index (χ4n) is 2.06. The summed E-state index contributed by atoms with van der Waals surface area (Å²) < 4.78 is 12.9. The molecule has 120 valence electrons. The zero-order chi connectivity index (χ0) is 16.8. The minimum atomic E-state index is -0.352. The Morgan fingerprint density at radius 2 is 1.75 bits per heavy atom. The maximum Gasteiger partial charge on any atom is 0.274 e. The second-order valence-corrected chi connectivity index (χ2v) is 5.07. The molecule has 3 aromatic rings. The summed E-state index contributed by atoms with van der Waals surface area (Å²) in [5.41, 5.74) is 2.50. The average molecular weight is 322 g/mol. The second kappa shape index (κ2) is 7.32.